The molecule has 0 bridgehead atoms. The lowest BCUT2D eigenvalue weighted by molar-refractivity contribution is -0.265. The molecule has 1 aliphatic rings. The van der Waals surface area contributed by atoms with Crippen molar-refractivity contribution in [3.05, 3.63) is 83.9 Å². The molecule has 144 valence electrons. The molecule has 0 aliphatic carbocycles. The van der Waals surface area contributed by atoms with E-state index >= 15 is 0 Å². The maximum absolute atomic E-state index is 13.5. The summed E-state index contributed by atoms with van der Waals surface area (Å²) in [5, 5.41) is 0. The molecule has 4 rings (SSSR count). The number of rotatable bonds is 4. The molecule has 1 aromatic heterocycles. The summed E-state index contributed by atoms with van der Waals surface area (Å²) in [6, 6.07) is 16.3. The summed E-state index contributed by atoms with van der Waals surface area (Å²) in [7, 11) is 1.54. The molecule has 1 fully saturated rings. The van der Waals surface area contributed by atoms with Crippen molar-refractivity contribution in [3.8, 4) is 16.9 Å². The number of pyridine rings is 1. The Morgan fingerprint density at radius 1 is 0.964 bits per heavy atom. The largest absolute Gasteiger partial charge is 0.496 e. The fourth-order valence-electron chi connectivity index (χ4n) is 3.45. The summed E-state index contributed by atoms with van der Waals surface area (Å²) in [6.45, 7) is 3.31. The smallest absolute Gasteiger partial charge is 0.222 e. The number of aromatic nitrogens is 1. The molecule has 28 heavy (non-hydrogen) atoms. The average Bonchev–Trinajstić information content (AvgIpc) is 2.75. The van der Waals surface area contributed by atoms with E-state index in [1.54, 1.807) is 18.5 Å². The van der Waals surface area contributed by atoms with Crippen LogP contribution in [0.5, 0.6) is 5.75 Å². The van der Waals surface area contributed by atoms with Crippen molar-refractivity contribution in [2.75, 3.05) is 20.3 Å². The van der Waals surface area contributed by atoms with E-state index in [2.05, 4.69) is 11.9 Å². The quantitative estimate of drug-likeness (QED) is 0.654. The lowest BCUT2D eigenvalue weighted by Gasteiger charge is -2.40. The molecule has 1 aliphatic heterocycles. The van der Waals surface area contributed by atoms with Gasteiger partial charge in [0.05, 0.1) is 20.3 Å². The fraction of sp³-hybridized carbons (Fsp3) is 0.261. The van der Waals surface area contributed by atoms with Gasteiger partial charge in [-0.2, -0.15) is 0 Å². The highest BCUT2D eigenvalue weighted by atomic mass is 19.1. The van der Waals surface area contributed by atoms with E-state index in [4.69, 9.17) is 14.2 Å². The van der Waals surface area contributed by atoms with Crippen molar-refractivity contribution in [1.82, 2.24) is 4.98 Å². The van der Waals surface area contributed by atoms with Crippen molar-refractivity contribution >= 4 is 0 Å². The maximum Gasteiger partial charge on any atom is 0.222 e. The molecule has 0 saturated carbocycles. The molecule has 0 radical (unpaired) electrons. The van der Waals surface area contributed by atoms with Crippen LogP contribution in [0, 0.1) is 11.7 Å². The van der Waals surface area contributed by atoms with Crippen LogP contribution < -0.4 is 4.74 Å². The SMILES string of the molecule is COc1cc(F)ccc1-c1ccc(C2(c3ccncc3)OCC(C)CO2)cc1. The molecule has 1 saturated heterocycles. The molecule has 5 heteroatoms. The molecule has 2 aromatic carbocycles. The predicted molar refractivity (Wildman–Crippen MR) is 104 cm³/mol. The van der Waals surface area contributed by atoms with Crippen molar-refractivity contribution in [1.29, 1.82) is 0 Å². The zero-order chi connectivity index (χ0) is 19.6. The number of halogens is 1. The zero-order valence-corrected chi connectivity index (χ0v) is 15.9. The Kier molecular flexibility index (Phi) is 5.11. The molecule has 4 nitrogen and oxygen atoms in total. The monoisotopic (exact) mass is 379 g/mol. The van der Waals surface area contributed by atoms with Gasteiger partial charge in [-0.1, -0.05) is 31.2 Å². The van der Waals surface area contributed by atoms with E-state index in [0.717, 1.165) is 22.3 Å². The van der Waals surface area contributed by atoms with Gasteiger partial charge in [-0.25, -0.2) is 4.39 Å². The van der Waals surface area contributed by atoms with Gasteiger partial charge in [0.2, 0.25) is 5.79 Å². The predicted octanol–water partition coefficient (Wildman–Crippen LogP) is 4.78. The van der Waals surface area contributed by atoms with Crippen LogP contribution in [0.2, 0.25) is 0 Å². The van der Waals surface area contributed by atoms with E-state index in [0.29, 0.717) is 24.9 Å². The Hall–Kier alpha value is -2.76. The maximum atomic E-state index is 13.5. The third-order valence-electron chi connectivity index (χ3n) is 4.94. The van der Waals surface area contributed by atoms with Gasteiger partial charge in [-0.15, -0.1) is 0 Å². The number of methoxy groups -OCH3 is 1. The van der Waals surface area contributed by atoms with Gasteiger partial charge in [0.25, 0.3) is 0 Å². The summed E-state index contributed by atoms with van der Waals surface area (Å²) in [4.78, 5) is 4.10. The van der Waals surface area contributed by atoms with E-state index in [1.807, 2.05) is 36.4 Å². The van der Waals surface area contributed by atoms with Crippen LogP contribution in [0.25, 0.3) is 11.1 Å². The lowest BCUT2D eigenvalue weighted by Crippen LogP contribution is -2.42. The summed E-state index contributed by atoms with van der Waals surface area (Å²) < 4.78 is 31.3. The molecule has 2 heterocycles. The third kappa shape index (κ3) is 3.39. The number of nitrogens with zero attached hydrogens (tertiary/aromatic N) is 1. The van der Waals surface area contributed by atoms with Crippen LogP contribution in [-0.4, -0.2) is 25.3 Å². The Morgan fingerprint density at radius 2 is 1.61 bits per heavy atom. The molecule has 0 unspecified atom stereocenters. The second-order valence-corrected chi connectivity index (χ2v) is 7.00. The Bertz CT molecular complexity index is 936. The van der Waals surface area contributed by atoms with Crippen LogP contribution in [0.15, 0.2) is 67.0 Å². The van der Waals surface area contributed by atoms with Gasteiger partial charge in [-0.3, -0.25) is 4.98 Å². The minimum atomic E-state index is -0.957. The Morgan fingerprint density at radius 3 is 2.25 bits per heavy atom. The minimum absolute atomic E-state index is 0.327. The lowest BCUT2D eigenvalue weighted by atomic mass is 9.94. The average molecular weight is 379 g/mol. The Labute approximate surface area is 163 Å². The van der Waals surface area contributed by atoms with Crippen LogP contribution in [0.4, 0.5) is 4.39 Å². The minimum Gasteiger partial charge on any atom is -0.496 e. The van der Waals surface area contributed by atoms with Gasteiger partial charge >= 0.3 is 0 Å². The highest BCUT2D eigenvalue weighted by Crippen LogP contribution is 2.40. The summed E-state index contributed by atoms with van der Waals surface area (Å²) in [5.74, 6) is -0.457. The molecule has 0 N–H and O–H groups in total. The van der Waals surface area contributed by atoms with E-state index in [9.17, 15) is 4.39 Å². The number of hydrogen-bond acceptors (Lipinski definition) is 4. The van der Waals surface area contributed by atoms with E-state index < -0.39 is 5.79 Å². The summed E-state index contributed by atoms with van der Waals surface area (Å²) in [5.41, 5.74) is 3.55. The number of benzene rings is 2. The molecule has 0 amide bonds. The first-order valence-corrected chi connectivity index (χ1v) is 9.25. The second-order valence-electron chi connectivity index (χ2n) is 7.00. The van der Waals surface area contributed by atoms with Crippen molar-refractivity contribution < 1.29 is 18.6 Å². The van der Waals surface area contributed by atoms with E-state index in [-0.39, 0.29) is 5.82 Å². The molecular formula is C23H22FNO3. The van der Waals surface area contributed by atoms with E-state index in [1.165, 1.54) is 19.2 Å². The van der Waals surface area contributed by atoms with Crippen molar-refractivity contribution in [3.63, 3.8) is 0 Å². The Balaban J connectivity index is 1.74. The highest BCUT2D eigenvalue weighted by molar-refractivity contribution is 5.70. The van der Waals surface area contributed by atoms with Gasteiger partial charge < -0.3 is 14.2 Å². The van der Waals surface area contributed by atoms with Gasteiger partial charge in [0.1, 0.15) is 11.6 Å². The molecule has 0 atom stereocenters. The van der Waals surface area contributed by atoms with Gasteiger partial charge in [0, 0.05) is 41.1 Å². The first-order chi connectivity index (χ1) is 13.6. The standard InChI is InChI=1S/C23H22FNO3/c1-16-14-27-23(28-15-16,19-9-11-25-12-10-19)18-5-3-17(4-6-18)21-8-7-20(24)13-22(21)26-2/h3-13,16H,14-15H2,1-2H3. The number of ether oxygens (including phenoxy) is 3. The molecular weight excluding hydrogens is 357 g/mol. The zero-order valence-electron chi connectivity index (χ0n) is 15.9. The second kappa shape index (κ2) is 7.70. The summed E-state index contributed by atoms with van der Waals surface area (Å²) >= 11 is 0. The highest BCUT2D eigenvalue weighted by Gasteiger charge is 2.40. The fourth-order valence-corrected chi connectivity index (χ4v) is 3.45. The number of hydrogen-bond donors (Lipinski definition) is 0. The normalized spacial score (nSPS) is 22.0. The first kappa shape index (κ1) is 18.6. The van der Waals surface area contributed by atoms with Crippen LogP contribution >= 0.6 is 0 Å². The molecule has 3 aromatic rings. The van der Waals surface area contributed by atoms with Gasteiger partial charge in [0.15, 0.2) is 0 Å². The topological polar surface area (TPSA) is 40.6 Å². The van der Waals surface area contributed by atoms with Crippen molar-refractivity contribution in [2.45, 2.75) is 12.7 Å². The summed E-state index contributed by atoms with van der Waals surface area (Å²) in [6.07, 6.45) is 3.47. The van der Waals surface area contributed by atoms with Gasteiger partial charge in [-0.05, 0) is 29.8 Å². The molecule has 0 spiro atoms. The van der Waals surface area contributed by atoms with Crippen LogP contribution in [0.3, 0.4) is 0 Å². The van der Waals surface area contributed by atoms with Crippen LogP contribution in [0.1, 0.15) is 18.1 Å². The first-order valence-electron chi connectivity index (χ1n) is 9.25. The van der Waals surface area contributed by atoms with Crippen molar-refractivity contribution in [2.24, 2.45) is 5.92 Å². The third-order valence-corrected chi connectivity index (χ3v) is 4.94. The van der Waals surface area contributed by atoms with Crippen LogP contribution in [-0.2, 0) is 15.3 Å².